The van der Waals surface area contributed by atoms with Crippen LogP contribution in [0.3, 0.4) is 0 Å². The Morgan fingerprint density at radius 3 is 1.95 bits per heavy atom. The Kier molecular flexibility index (Phi) is 14.0. The number of esters is 1. The van der Waals surface area contributed by atoms with Gasteiger partial charge in [0.1, 0.15) is 60.6 Å². The largest absolute Gasteiger partial charge is 0.487 e. The van der Waals surface area contributed by atoms with Gasteiger partial charge in [0.25, 0.3) is 0 Å². The topological polar surface area (TPSA) is 156 Å². The molecule has 2 aromatic rings. The van der Waals surface area contributed by atoms with Gasteiger partial charge in [-0.05, 0) is 53.7 Å². The van der Waals surface area contributed by atoms with E-state index in [-0.39, 0.29) is 66.2 Å². The summed E-state index contributed by atoms with van der Waals surface area (Å²) in [5.41, 5.74) is -1.51. The minimum atomic E-state index is -1.03. The number of epoxide rings is 2. The van der Waals surface area contributed by atoms with Crippen molar-refractivity contribution < 1.29 is 46.9 Å². The summed E-state index contributed by atoms with van der Waals surface area (Å²) in [4.78, 5) is 48.4. The maximum Gasteiger partial charge on any atom is 0.360 e. The van der Waals surface area contributed by atoms with E-state index in [9.17, 15) is 14.4 Å². The summed E-state index contributed by atoms with van der Waals surface area (Å²) in [7, 11) is 1.57. The van der Waals surface area contributed by atoms with E-state index in [1.54, 1.807) is 65.2 Å². The Labute approximate surface area is 328 Å². The van der Waals surface area contributed by atoms with Crippen molar-refractivity contribution in [2.75, 3.05) is 7.11 Å². The Bertz CT molecular complexity index is 1940. The van der Waals surface area contributed by atoms with Gasteiger partial charge in [-0.1, -0.05) is 73.4 Å². The molecule has 0 amide bonds. The standard InChI is InChI=1S/C44H52N2O10/c1-9-15-36(47)43(4,5)38-20-13-19-34-35(55-34)24-23-29(50-8)25-41-46-31(27-52-41)42(49)56-39(44(6,7)37(48)16-10-2)21-14-18-33-32(54-33)17-11-12-22-40-45-30(26-51-40)28(3)53-38/h9-19,22-24,26-27,29,32-35,38-39H,3,20-21,25H2,1-2,4-8H3/t29-,32-,33+,34?,35?,38-,39-/m0/s1. The lowest BCUT2D eigenvalue weighted by Crippen LogP contribution is -2.39. The van der Waals surface area contributed by atoms with E-state index in [0.29, 0.717) is 18.0 Å². The molecule has 298 valence electrons. The zero-order valence-electron chi connectivity index (χ0n) is 33.1. The number of fused-ring (bicyclic) bond motifs is 6. The molecule has 0 spiro atoms. The van der Waals surface area contributed by atoms with Gasteiger partial charge in [0, 0.05) is 26.0 Å². The van der Waals surface area contributed by atoms with E-state index < -0.39 is 35.1 Å². The van der Waals surface area contributed by atoms with Crippen LogP contribution in [0.2, 0.25) is 0 Å². The summed E-state index contributed by atoms with van der Waals surface area (Å²) < 4.78 is 40.8. The number of ketones is 2. The summed E-state index contributed by atoms with van der Waals surface area (Å²) >= 11 is 0. The molecule has 2 saturated heterocycles. The van der Waals surface area contributed by atoms with E-state index in [1.807, 2.05) is 62.5 Å². The van der Waals surface area contributed by atoms with Crippen molar-refractivity contribution in [3.63, 3.8) is 0 Å². The molecule has 12 heteroatoms. The van der Waals surface area contributed by atoms with Crippen molar-refractivity contribution in [1.29, 1.82) is 0 Å². The van der Waals surface area contributed by atoms with Gasteiger partial charge in [0.15, 0.2) is 23.2 Å². The van der Waals surface area contributed by atoms with Gasteiger partial charge in [-0.15, -0.1) is 0 Å². The number of carbonyl (C=O) groups excluding carboxylic acids is 3. The van der Waals surface area contributed by atoms with Crippen LogP contribution in [0.4, 0.5) is 0 Å². The molecule has 2 aromatic heterocycles. The van der Waals surface area contributed by atoms with Gasteiger partial charge in [-0.3, -0.25) is 9.59 Å². The first-order valence-electron chi connectivity index (χ1n) is 18.8. The highest BCUT2D eigenvalue weighted by molar-refractivity contribution is 5.95. The highest BCUT2D eigenvalue weighted by atomic mass is 16.6. The lowest BCUT2D eigenvalue weighted by atomic mass is 9.80. The van der Waals surface area contributed by atoms with Crippen LogP contribution in [-0.2, 0) is 39.7 Å². The number of ether oxygens (including phenoxy) is 5. The Morgan fingerprint density at radius 2 is 1.34 bits per heavy atom. The highest BCUT2D eigenvalue weighted by Gasteiger charge is 2.40. The van der Waals surface area contributed by atoms with Crippen LogP contribution in [-0.4, -0.2) is 77.3 Å². The van der Waals surface area contributed by atoms with Gasteiger partial charge in [0.2, 0.25) is 5.89 Å². The number of allylic oxidation sites excluding steroid dienone is 6. The van der Waals surface area contributed by atoms with Gasteiger partial charge >= 0.3 is 5.97 Å². The Morgan fingerprint density at radius 1 is 0.768 bits per heavy atom. The smallest absolute Gasteiger partial charge is 0.360 e. The molecule has 5 heterocycles. The molecular weight excluding hydrogens is 716 g/mol. The van der Waals surface area contributed by atoms with Crippen molar-refractivity contribution >= 4 is 29.4 Å². The molecule has 0 saturated carbocycles. The van der Waals surface area contributed by atoms with Crippen LogP contribution in [0.1, 0.15) is 82.3 Å². The van der Waals surface area contributed by atoms with Crippen LogP contribution in [0.25, 0.3) is 11.8 Å². The van der Waals surface area contributed by atoms with E-state index >= 15 is 0 Å². The molecule has 0 N–H and O–H groups in total. The molecule has 2 fully saturated rings. The second-order valence-electron chi connectivity index (χ2n) is 14.9. The number of rotatable bonds is 7. The molecular formula is C44H52N2O10. The third-order valence-electron chi connectivity index (χ3n) is 9.94. The number of methoxy groups -OCH3 is 1. The van der Waals surface area contributed by atoms with Crippen molar-refractivity contribution in [3.05, 3.63) is 121 Å². The zero-order chi connectivity index (χ0) is 40.5. The molecule has 4 bridgehead atoms. The third kappa shape index (κ3) is 11.0. The number of cyclic esters (lactones) is 1. The van der Waals surface area contributed by atoms with Gasteiger partial charge in [-0.2, -0.15) is 0 Å². The fraction of sp³-hybridized carbons (Fsp3) is 0.432. The Balaban J connectivity index is 1.37. The molecule has 3 aliphatic heterocycles. The molecule has 2 unspecified atom stereocenters. The number of aromatic nitrogens is 2. The normalized spacial score (nSPS) is 26.7. The molecule has 5 rings (SSSR count). The van der Waals surface area contributed by atoms with Crippen LogP contribution >= 0.6 is 0 Å². The zero-order valence-corrected chi connectivity index (χ0v) is 33.1. The van der Waals surface area contributed by atoms with Crippen molar-refractivity contribution in [3.8, 4) is 0 Å². The average molecular weight is 769 g/mol. The number of nitrogens with zero attached hydrogens (tertiary/aromatic N) is 2. The fourth-order valence-electron chi connectivity index (χ4n) is 5.95. The monoisotopic (exact) mass is 768 g/mol. The summed E-state index contributed by atoms with van der Waals surface area (Å²) in [6.07, 6.45) is 26.2. The number of hydrogen-bond donors (Lipinski definition) is 0. The molecule has 3 aliphatic rings. The second-order valence-corrected chi connectivity index (χ2v) is 14.9. The maximum atomic E-state index is 13.3. The highest BCUT2D eigenvalue weighted by Crippen LogP contribution is 2.34. The quantitative estimate of drug-likeness (QED) is 0.117. The van der Waals surface area contributed by atoms with Crippen molar-refractivity contribution in [2.24, 2.45) is 10.8 Å². The third-order valence-corrected chi connectivity index (χ3v) is 9.94. The SMILES string of the molecule is C=C1O[C@H](C(C)(C)C(=O)C=CC)CC=CC2OC2C=C[C@H](OC)Cc2nc(co2)C(=O)O[C@H](C(C)(C)C(=O)C=CC)CC=C[C@H]2O[C@H]2C=CC=Cc2nc1co2. The summed E-state index contributed by atoms with van der Waals surface area (Å²) in [6.45, 7) is 14.8. The second kappa shape index (κ2) is 18.6. The number of carbonyl (C=O) groups is 3. The summed E-state index contributed by atoms with van der Waals surface area (Å²) in [5.74, 6) is -0.0444. The van der Waals surface area contributed by atoms with E-state index in [2.05, 4.69) is 16.5 Å². The predicted molar refractivity (Wildman–Crippen MR) is 210 cm³/mol. The van der Waals surface area contributed by atoms with Crippen LogP contribution in [0.5, 0.6) is 0 Å². The number of oxazole rings is 2. The van der Waals surface area contributed by atoms with Crippen LogP contribution in [0, 0.1) is 10.8 Å². The van der Waals surface area contributed by atoms with Gasteiger partial charge in [-0.25, -0.2) is 14.8 Å². The number of hydrogen-bond acceptors (Lipinski definition) is 12. The maximum absolute atomic E-state index is 13.3. The first-order valence-corrected chi connectivity index (χ1v) is 18.8. The Hall–Kier alpha value is -5.17. The molecule has 56 heavy (non-hydrogen) atoms. The molecule has 7 atom stereocenters. The first kappa shape index (κ1) is 42.0. The van der Waals surface area contributed by atoms with Gasteiger partial charge in [0.05, 0.1) is 23.4 Å². The summed E-state index contributed by atoms with van der Waals surface area (Å²) in [6, 6.07) is 0. The average Bonchev–Trinajstić information content (AvgIpc) is 3.96. The lowest BCUT2D eigenvalue weighted by Gasteiger charge is -2.32. The first-order chi connectivity index (χ1) is 26.8. The molecule has 0 radical (unpaired) electrons. The lowest BCUT2D eigenvalue weighted by molar-refractivity contribution is -0.128. The van der Waals surface area contributed by atoms with Crippen LogP contribution in [0.15, 0.2) is 107 Å². The van der Waals surface area contributed by atoms with Crippen molar-refractivity contribution in [1.82, 2.24) is 9.97 Å². The van der Waals surface area contributed by atoms with Gasteiger partial charge < -0.3 is 32.5 Å². The molecule has 12 nitrogen and oxygen atoms in total. The van der Waals surface area contributed by atoms with E-state index in [4.69, 9.17) is 32.5 Å². The van der Waals surface area contributed by atoms with Crippen molar-refractivity contribution in [2.45, 2.75) is 104 Å². The van der Waals surface area contributed by atoms with E-state index in [0.717, 1.165) is 0 Å². The minimum Gasteiger partial charge on any atom is -0.487 e. The van der Waals surface area contributed by atoms with Crippen LogP contribution < -0.4 is 0 Å². The van der Waals surface area contributed by atoms with E-state index in [1.165, 1.54) is 18.6 Å². The predicted octanol–water partition coefficient (Wildman–Crippen LogP) is 7.71. The minimum absolute atomic E-state index is 0.0105. The fourth-order valence-corrected chi connectivity index (χ4v) is 5.95. The molecule has 0 aliphatic carbocycles. The summed E-state index contributed by atoms with van der Waals surface area (Å²) in [5, 5.41) is 0. The molecule has 0 aromatic carbocycles.